The Bertz CT molecular complexity index is 1170. The molecule has 0 radical (unpaired) electrons. The van der Waals surface area contributed by atoms with Gasteiger partial charge in [-0.05, 0) is 59.7 Å². The molecule has 7 nitrogen and oxygen atoms in total. The van der Waals surface area contributed by atoms with E-state index in [0.29, 0.717) is 17.0 Å². The van der Waals surface area contributed by atoms with Crippen LogP contribution in [-0.2, 0) is 16.1 Å². The van der Waals surface area contributed by atoms with E-state index in [9.17, 15) is 14.4 Å². The number of nitrogens with one attached hydrogen (secondary N) is 2. The van der Waals surface area contributed by atoms with Gasteiger partial charge in [0.15, 0.2) is 0 Å². The Kier molecular flexibility index (Phi) is 7.96. The van der Waals surface area contributed by atoms with Gasteiger partial charge >= 0.3 is 5.97 Å². The van der Waals surface area contributed by atoms with Crippen molar-refractivity contribution in [2.75, 3.05) is 12.4 Å². The highest BCUT2D eigenvalue weighted by Crippen LogP contribution is 2.15. The largest absolute Gasteiger partial charge is 0.497 e. The monoisotopic (exact) mass is 444 g/mol. The lowest BCUT2D eigenvalue weighted by molar-refractivity contribution is -0.131. The molecule has 0 bridgehead atoms. The van der Waals surface area contributed by atoms with Crippen molar-refractivity contribution in [2.45, 2.75) is 13.5 Å². The lowest BCUT2D eigenvalue weighted by Crippen LogP contribution is -2.23. The normalized spacial score (nSPS) is 10.5. The first-order valence-corrected chi connectivity index (χ1v) is 10.2. The molecule has 2 N–H and O–H groups in total. The van der Waals surface area contributed by atoms with Crippen LogP contribution in [0.2, 0.25) is 0 Å². The fraction of sp³-hybridized carbons (Fsp3) is 0.115. The first-order valence-electron chi connectivity index (χ1n) is 10.2. The highest BCUT2D eigenvalue weighted by Gasteiger charge is 2.08. The van der Waals surface area contributed by atoms with E-state index < -0.39 is 5.97 Å². The molecule has 168 valence electrons. The van der Waals surface area contributed by atoms with E-state index >= 15 is 0 Å². The molecule has 3 aromatic rings. The van der Waals surface area contributed by atoms with Gasteiger partial charge < -0.3 is 20.1 Å². The zero-order chi connectivity index (χ0) is 23.6. The van der Waals surface area contributed by atoms with Crippen molar-refractivity contribution >= 4 is 29.5 Å². The van der Waals surface area contributed by atoms with Gasteiger partial charge in [0.25, 0.3) is 5.91 Å². The minimum absolute atomic E-state index is 0.266. The van der Waals surface area contributed by atoms with Crippen LogP contribution < -0.4 is 20.1 Å². The van der Waals surface area contributed by atoms with Gasteiger partial charge in [-0.1, -0.05) is 30.3 Å². The van der Waals surface area contributed by atoms with Crippen LogP contribution >= 0.6 is 0 Å². The van der Waals surface area contributed by atoms with E-state index in [-0.39, 0.29) is 18.4 Å². The third kappa shape index (κ3) is 7.36. The molecule has 7 heteroatoms. The summed E-state index contributed by atoms with van der Waals surface area (Å²) in [4.78, 5) is 35.8. The number of anilines is 1. The highest BCUT2D eigenvalue weighted by atomic mass is 16.5. The SMILES string of the molecule is COc1ccc(/C=C/C(=O)Nc2cccc(CNC(=O)c3cccc(OC(C)=O)c3)c2)cc1. The fourth-order valence-corrected chi connectivity index (χ4v) is 2.98. The van der Waals surface area contributed by atoms with Gasteiger partial charge in [-0.3, -0.25) is 14.4 Å². The number of amides is 2. The number of benzene rings is 3. The summed E-state index contributed by atoms with van der Waals surface area (Å²) in [5, 5.41) is 5.62. The number of rotatable bonds is 8. The minimum Gasteiger partial charge on any atom is -0.497 e. The molecule has 0 atom stereocenters. The second-order valence-electron chi connectivity index (χ2n) is 7.10. The molecule has 0 saturated carbocycles. The van der Waals surface area contributed by atoms with Gasteiger partial charge in [-0.25, -0.2) is 0 Å². The van der Waals surface area contributed by atoms with Crippen LogP contribution in [0.15, 0.2) is 78.9 Å². The number of carbonyl (C=O) groups is 3. The summed E-state index contributed by atoms with van der Waals surface area (Å²) >= 11 is 0. The summed E-state index contributed by atoms with van der Waals surface area (Å²) in [5.74, 6) is 0.0283. The van der Waals surface area contributed by atoms with E-state index in [4.69, 9.17) is 9.47 Å². The lowest BCUT2D eigenvalue weighted by Gasteiger charge is -2.09. The summed E-state index contributed by atoms with van der Waals surface area (Å²) in [6.45, 7) is 1.56. The Morgan fingerprint density at radius 1 is 0.909 bits per heavy atom. The van der Waals surface area contributed by atoms with Crippen molar-refractivity contribution in [1.82, 2.24) is 5.32 Å². The van der Waals surface area contributed by atoms with Crippen molar-refractivity contribution < 1.29 is 23.9 Å². The van der Waals surface area contributed by atoms with Crippen LogP contribution in [0.3, 0.4) is 0 Å². The van der Waals surface area contributed by atoms with Crippen LogP contribution in [-0.4, -0.2) is 24.9 Å². The van der Waals surface area contributed by atoms with Crippen molar-refractivity contribution in [3.63, 3.8) is 0 Å². The molecule has 0 aliphatic rings. The van der Waals surface area contributed by atoms with Crippen molar-refractivity contribution in [2.24, 2.45) is 0 Å². The molecule has 0 aliphatic carbocycles. The van der Waals surface area contributed by atoms with Crippen molar-refractivity contribution in [1.29, 1.82) is 0 Å². The Labute approximate surface area is 192 Å². The third-order valence-corrected chi connectivity index (χ3v) is 4.55. The van der Waals surface area contributed by atoms with Gasteiger partial charge in [0.05, 0.1) is 7.11 Å². The van der Waals surface area contributed by atoms with Crippen molar-refractivity contribution in [3.05, 3.63) is 95.6 Å². The first-order chi connectivity index (χ1) is 15.9. The van der Waals surface area contributed by atoms with E-state index in [2.05, 4.69) is 10.6 Å². The summed E-state index contributed by atoms with van der Waals surface area (Å²) in [6, 6.07) is 20.9. The Balaban J connectivity index is 1.55. The predicted molar refractivity (Wildman–Crippen MR) is 126 cm³/mol. The smallest absolute Gasteiger partial charge is 0.308 e. The van der Waals surface area contributed by atoms with Gasteiger partial charge in [0, 0.05) is 30.8 Å². The number of ether oxygens (including phenoxy) is 2. The summed E-state index contributed by atoms with van der Waals surface area (Å²) < 4.78 is 10.1. The maximum absolute atomic E-state index is 12.4. The molecule has 0 fully saturated rings. The van der Waals surface area contributed by atoms with Crippen LogP contribution in [0, 0.1) is 0 Å². The second-order valence-corrected chi connectivity index (χ2v) is 7.10. The van der Waals surface area contributed by atoms with Crippen LogP contribution in [0.25, 0.3) is 6.08 Å². The standard InChI is InChI=1S/C26H24N2O5/c1-18(29)33-24-8-4-6-21(16-24)26(31)27-17-20-5-3-7-22(15-20)28-25(30)14-11-19-9-12-23(32-2)13-10-19/h3-16H,17H2,1-2H3,(H,27,31)(H,28,30)/b14-11+. The zero-order valence-electron chi connectivity index (χ0n) is 18.3. The molecular formula is C26H24N2O5. The number of esters is 1. The summed E-state index contributed by atoms with van der Waals surface area (Å²) in [5.41, 5.74) is 2.68. The molecule has 0 heterocycles. The predicted octanol–water partition coefficient (Wildman–Crippen LogP) is 4.20. The summed E-state index contributed by atoms with van der Waals surface area (Å²) in [7, 11) is 1.60. The maximum Gasteiger partial charge on any atom is 0.308 e. The van der Waals surface area contributed by atoms with E-state index in [0.717, 1.165) is 16.9 Å². The fourth-order valence-electron chi connectivity index (χ4n) is 2.98. The highest BCUT2D eigenvalue weighted by molar-refractivity contribution is 6.02. The summed E-state index contributed by atoms with van der Waals surface area (Å²) in [6.07, 6.45) is 3.16. The lowest BCUT2D eigenvalue weighted by atomic mass is 10.1. The van der Waals surface area contributed by atoms with E-state index in [1.165, 1.54) is 19.1 Å². The van der Waals surface area contributed by atoms with Crippen LogP contribution in [0.4, 0.5) is 5.69 Å². The van der Waals surface area contributed by atoms with Gasteiger partial charge in [0.1, 0.15) is 11.5 Å². The van der Waals surface area contributed by atoms with E-state index in [1.54, 1.807) is 49.6 Å². The molecular weight excluding hydrogens is 420 g/mol. The van der Waals surface area contributed by atoms with Crippen molar-refractivity contribution in [3.8, 4) is 11.5 Å². The molecule has 0 aliphatic heterocycles. The number of carbonyl (C=O) groups excluding carboxylic acids is 3. The zero-order valence-corrected chi connectivity index (χ0v) is 18.3. The molecule has 2 amide bonds. The minimum atomic E-state index is -0.453. The molecule has 3 rings (SSSR count). The number of hydrogen-bond donors (Lipinski definition) is 2. The first kappa shape index (κ1) is 23.3. The molecule has 0 spiro atoms. The van der Waals surface area contributed by atoms with Gasteiger partial charge in [0.2, 0.25) is 5.91 Å². The molecule has 33 heavy (non-hydrogen) atoms. The molecule has 3 aromatic carbocycles. The quantitative estimate of drug-likeness (QED) is 0.309. The maximum atomic E-state index is 12.4. The molecule has 0 aromatic heterocycles. The third-order valence-electron chi connectivity index (χ3n) is 4.55. The number of methoxy groups -OCH3 is 1. The average Bonchev–Trinajstić information content (AvgIpc) is 2.81. The number of hydrogen-bond acceptors (Lipinski definition) is 5. The van der Waals surface area contributed by atoms with Crippen LogP contribution in [0.5, 0.6) is 11.5 Å². The Hall–Kier alpha value is -4.39. The van der Waals surface area contributed by atoms with Gasteiger partial charge in [-0.15, -0.1) is 0 Å². The Morgan fingerprint density at radius 3 is 2.39 bits per heavy atom. The topological polar surface area (TPSA) is 93.7 Å². The van der Waals surface area contributed by atoms with Gasteiger partial charge in [-0.2, -0.15) is 0 Å². The molecule has 0 saturated heterocycles. The second kappa shape index (κ2) is 11.3. The Morgan fingerprint density at radius 2 is 1.67 bits per heavy atom. The van der Waals surface area contributed by atoms with Crippen LogP contribution in [0.1, 0.15) is 28.4 Å². The average molecular weight is 444 g/mol. The van der Waals surface area contributed by atoms with E-state index in [1.807, 2.05) is 30.3 Å². The molecule has 0 unspecified atom stereocenters.